The van der Waals surface area contributed by atoms with Gasteiger partial charge in [0.2, 0.25) is 5.95 Å². The van der Waals surface area contributed by atoms with E-state index >= 15 is 0 Å². The molecule has 0 saturated carbocycles. The molecule has 0 aromatic carbocycles. The smallest absolute Gasteiger partial charge is 0.322 e. The number of thioether (sulfide) groups is 1. The number of anilines is 1. The summed E-state index contributed by atoms with van der Waals surface area (Å²) in [5, 5.41) is 1.06. The summed E-state index contributed by atoms with van der Waals surface area (Å²) in [6.07, 6.45) is 0.913. The molecule has 1 rings (SSSR count). The molecule has 1 heterocycles. The van der Waals surface area contributed by atoms with Gasteiger partial charge in [0.1, 0.15) is 0 Å². The number of aromatic nitrogens is 3. The molecule has 17 heavy (non-hydrogen) atoms. The second-order valence-corrected chi connectivity index (χ2v) is 5.52. The number of nitrogens with two attached hydrogens (primary N) is 1. The number of hydrogen-bond acceptors (Lipinski definition) is 6. The molecular formula is C11H20N4OS. The summed E-state index contributed by atoms with van der Waals surface area (Å²) in [4.78, 5) is 12.3. The topological polar surface area (TPSA) is 73.9 Å². The fourth-order valence-electron chi connectivity index (χ4n) is 0.966. The van der Waals surface area contributed by atoms with Gasteiger partial charge in [0.25, 0.3) is 0 Å². The quantitative estimate of drug-likeness (QED) is 0.788. The summed E-state index contributed by atoms with van der Waals surface area (Å²) < 4.78 is 5.36. The molecule has 1 atom stereocenters. The highest BCUT2D eigenvalue weighted by atomic mass is 32.2. The molecule has 0 amide bonds. The Morgan fingerprint density at radius 2 is 1.94 bits per heavy atom. The lowest BCUT2D eigenvalue weighted by atomic mass is 10.2. The van der Waals surface area contributed by atoms with Crippen LogP contribution in [0.1, 0.15) is 34.1 Å². The molecule has 0 radical (unpaired) electrons. The van der Waals surface area contributed by atoms with Gasteiger partial charge in [-0.3, -0.25) is 0 Å². The molecule has 1 unspecified atom stereocenters. The highest BCUT2D eigenvalue weighted by Crippen LogP contribution is 2.26. The van der Waals surface area contributed by atoms with Crippen LogP contribution in [0.15, 0.2) is 5.16 Å². The molecule has 0 bridgehead atoms. The van der Waals surface area contributed by atoms with Crippen molar-refractivity contribution in [2.75, 3.05) is 12.3 Å². The molecule has 6 heteroatoms. The number of hydrogen-bond donors (Lipinski definition) is 1. The van der Waals surface area contributed by atoms with Crippen LogP contribution in [0.3, 0.4) is 0 Å². The Morgan fingerprint density at radius 1 is 1.24 bits per heavy atom. The van der Waals surface area contributed by atoms with E-state index in [0.717, 1.165) is 6.42 Å². The van der Waals surface area contributed by atoms with Gasteiger partial charge in [0, 0.05) is 5.25 Å². The third kappa shape index (κ3) is 4.77. The van der Waals surface area contributed by atoms with Crippen LogP contribution in [0.5, 0.6) is 6.01 Å². The molecule has 0 aliphatic carbocycles. The predicted octanol–water partition coefficient (Wildman–Crippen LogP) is 2.38. The zero-order valence-electron chi connectivity index (χ0n) is 10.8. The fourth-order valence-corrected chi connectivity index (χ4v) is 1.85. The Morgan fingerprint density at radius 3 is 2.53 bits per heavy atom. The van der Waals surface area contributed by atoms with E-state index in [4.69, 9.17) is 10.5 Å². The van der Waals surface area contributed by atoms with Crippen LogP contribution < -0.4 is 10.5 Å². The minimum atomic E-state index is 0.213. The van der Waals surface area contributed by atoms with Crippen molar-refractivity contribution >= 4 is 17.7 Å². The Hall–Kier alpha value is -1.04. The van der Waals surface area contributed by atoms with Gasteiger partial charge in [0.05, 0.1) is 6.61 Å². The van der Waals surface area contributed by atoms with Crippen LogP contribution in [0.4, 0.5) is 5.95 Å². The van der Waals surface area contributed by atoms with Crippen molar-refractivity contribution in [2.24, 2.45) is 5.92 Å². The highest BCUT2D eigenvalue weighted by molar-refractivity contribution is 7.99. The van der Waals surface area contributed by atoms with Crippen LogP contribution in [0.2, 0.25) is 0 Å². The zero-order valence-corrected chi connectivity index (χ0v) is 11.6. The molecule has 1 aromatic rings. The van der Waals surface area contributed by atoms with Crippen LogP contribution >= 0.6 is 11.8 Å². The first kappa shape index (κ1) is 14.0. The fraction of sp³-hybridized carbons (Fsp3) is 0.727. The van der Waals surface area contributed by atoms with Gasteiger partial charge in [-0.25, -0.2) is 0 Å². The second kappa shape index (κ2) is 6.64. The van der Waals surface area contributed by atoms with E-state index in [2.05, 4.69) is 35.7 Å². The van der Waals surface area contributed by atoms with Crippen molar-refractivity contribution in [3.63, 3.8) is 0 Å². The van der Waals surface area contributed by atoms with E-state index < -0.39 is 0 Å². The van der Waals surface area contributed by atoms with Crippen molar-refractivity contribution in [1.29, 1.82) is 0 Å². The largest absolute Gasteiger partial charge is 0.463 e. The standard InChI is InChI=1S/C11H20N4OS/c1-5-6-16-10-13-9(12)14-11(15-10)17-8(4)7(2)3/h7-8H,5-6H2,1-4H3,(H2,12,13,14,15). The van der Waals surface area contributed by atoms with E-state index in [1.807, 2.05) is 6.92 Å². The molecule has 0 saturated heterocycles. The molecule has 0 spiro atoms. The Bertz CT molecular complexity index is 359. The average molecular weight is 256 g/mol. The van der Waals surface area contributed by atoms with E-state index in [1.54, 1.807) is 11.8 Å². The van der Waals surface area contributed by atoms with Crippen molar-refractivity contribution < 1.29 is 4.74 Å². The monoisotopic (exact) mass is 256 g/mol. The number of rotatable bonds is 6. The van der Waals surface area contributed by atoms with Gasteiger partial charge in [-0.05, 0) is 12.3 Å². The Kier molecular flexibility index (Phi) is 5.47. The maximum Gasteiger partial charge on any atom is 0.322 e. The third-order valence-electron chi connectivity index (χ3n) is 2.28. The molecule has 96 valence electrons. The van der Waals surface area contributed by atoms with Gasteiger partial charge in [0.15, 0.2) is 5.16 Å². The minimum Gasteiger partial charge on any atom is -0.463 e. The van der Waals surface area contributed by atoms with Gasteiger partial charge in [-0.2, -0.15) is 15.0 Å². The van der Waals surface area contributed by atoms with Crippen molar-refractivity contribution in [1.82, 2.24) is 15.0 Å². The van der Waals surface area contributed by atoms with Gasteiger partial charge >= 0.3 is 6.01 Å². The van der Waals surface area contributed by atoms with Crippen LogP contribution in [-0.4, -0.2) is 26.8 Å². The van der Waals surface area contributed by atoms with Crippen LogP contribution in [-0.2, 0) is 0 Å². The van der Waals surface area contributed by atoms with E-state index in [-0.39, 0.29) is 5.95 Å². The Labute approximate surface area is 107 Å². The lowest BCUT2D eigenvalue weighted by molar-refractivity contribution is 0.288. The number of nitrogens with zero attached hydrogens (tertiary/aromatic N) is 3. The molecule has 5 nitrogen and oxygen atoms in total. The second-order valence-electron chi connectivity index (χ2n) is 4.17. The first-order chi connectivity index (χ1) is 8.02. The molecule has 0 aliphatic heterocycles. The van der Waals surface area contributed by atoms with Gasteiger partial charge < -0.3 is 10.5 Å². The predicted molar refractivity (Wildman–Crippen MR) is 70.2 cm³/mol. The van der Waals surface area contributed by atoms with Crippen molar-refractivity contribution in [3.05, 3.63) is 0 Å². The lowest BCUT2D eigenvalue weighted by Crippen LogP contribution is -2.09. The van der Waals surface area contributed by atoms with Crippen LogP contribution in [0.25, 0.3) is 0 Å². The van der Waals surface area contributed by atoms with E-state index in [0.29, 0.717) is 28.9 Å². The SMILES string of the molecule is CCCOc1nc(N)nc(SC(C)C(C)C)n1. The molecule has 0 aliphatic rings. The van der Waals surface area contributed by atoms with Crippen LogP contribution in [0, 0.1) is 5.92 Å². The summed E-state index contributed by atoms with van der Waals surface area (Å²) >= 11 is 1.59. The molecular weight excluding hydrogens is 236 g/mol. The van der Waals surface area contributed by atoms with Gasteiger partial charge in [-0.1, -0.05) is 39.5 Å². The van der Waals surface area contributed by atoms with Gasteiger partial charge in [-0.15, -0.1) is 0 Å². The van der Waals surface area contributed by atoms with Crippen molar-refractivity contribution in [2.45, 2.75) is 44.5 Å². The first-order valence-electron chi connectivity index (χ1n) is 5.84. The lowest BCUT2D eigenvalue weighted by Gasteiger charge is -2.13. The summed E-state index contributed by atoms with van der Waals surface area (Å²) in [5.74, 6) is 0.766. The summed E-state index contributed by atoms with van der Waals surface area (Å²) in [6, 6.07) is 0.317. The molecule has 1 aromatic heterocycles. The summed E-state index contributed by atoms with van der Waals surface area (Å²) in [7, 11) is 0. The van der Waals surface area contributed by atoms with E-state index in [9.17, 15) is 0 Å². The van der Waals surface area contributed by atoms with Crippen molar-refractivity contribution in [3.8, 4) is 6.01 Å². The average Bonchev–Trinajstić information content (AvgIpc) is 2.25. The maximum atomic E-state index is 5.63. The molecule has 0 fully saturated rings. The first-order valence-corrected chi connectivity index (χ1v) is 6.72. The minimum absolute atomic E-state index is 0.213. The van der Waals surface area contributed by atoms with E-state index in [1.165, 1.54) is 0 Å². The number of nitrogen functional groups attached to an aromatic ring is 1. The third-order valence-corrected chi connectivity index (χ3v) is 3.59. The number of ether oxygens (including phenoxy) is 1. The summed E-state index contributed by atoms with van der Waals surface area (Å²) in [5.41, 5.74) is 5.63. The zero-order chi connectivity index (χ0) is 12.8. The Balaban J connectivity index is 2.74. The normalized spacial score (nSPS) is 12.8. The summed E-state index contributed by atoms with van der Waals surface area (Å²) in [6.45, 7) is 9.09. The molecule has 2 N–H and O–H groups in total. The maximum absolute atomic E-state index is 5.63. The highest BCUT2D eigenvalue weighted by Gasteiger charge is 2.13.